The molecule has 2 aliphatic rings. The second-order valence-corrected chi connectivity index (χ2v) is 8.53. The summed E-state index contributed by atoms with van der Waals surface area (Å²) in [5.41, 5.74) is 1.95. The Morgan fingerprint density at radius 1 is 1.21 bits per heavy atom. The summed E-state index contributed by atoms with van der Waals surface area (Å²) < 4.78 is 6.50. The monoisotopic (exact) mass is 442 g/mol. The number of ether oxygens (including phenoxy) is 1. The average Bonchev–Trinajstić information content (AvgIpc) is 2.66. The van der Waals surface area contributed by atoms with E-state index in [1.807, 2.05) is 48.5 Å². The van der Waals surface area contributed by atoms with Gasteiger partial charge in [-0.15, -0.1) is 0 Å². The molecule has 1 heterocycles. The van der Waals surface area contributed by atoms with Crippen LogP contribution < -0.4 is 10.2 Å². The largest absolute Gasteiger partial charge is 0.375 e. The number of morpholine rings is 1. The molecule has 1 saturated heterocycles. The van der Waals surface area contributed by atoms with E-state index in [2.05, 4.69) is 33.1 Å². The number of nitrogens with one attached hydrogen (secondary N) is 1. The molecule has 2 aromatic carbocycles. The molecule has 28 heavy (non-hydrogen) atoms. The summed E-state index contributed by atoms with van der Waals surface area (Å²) in [7, 11) is 0. The first-order chi connectivity index (χ1) is 13.5. The number of rotatable bonds is 4. The topological polar surface area (TPSA) is 58.6 Å². The van der Waals surface area contributed by atoms with Gasteiger partial charge in [-0.2, -0.15) is 0 Å². The van der Waals surface area contributed by atoms with Crippen LogP contribution in [0.5, 0.6) is 0 Å². The minimum Gasteiger partial charge on any atom is -0.375 e. The van der Waals surface area contributed by atoms with Gasteiger partial charge in [0.15, 0.2) is 0 Å². The quantitative estimate of drug-likeness (QED) is 0.779. The molecule has 1 aliphatic heterocycles. The molecule has 0 bridgehead atoms. The molecular weight excluding hydrogens is 420 g/mol. The highest BCUT2D eigenvalue weighted by Crippen LogP contribution is 2.43. The van der Waals surface area contributed by atoms with E-state index < -0.39 is 5.41 Å². The number of halogens is 1. The fourth-order valence-electron chi connectivity index (χ4n) is 3.96. The lowest BCUT2D eigenvalue weighted by atomic mass is 9.63. The van der Waals surface area contributed by atoms with Crippen LogP contribution in [0.3, 0.4) is 0 Å². The highest BCUT2D eigenvalue weighted by molar-refractivity contribution is 9.10. The van der Waals surface area contributed by atoms with Gasteiger partial charge in [-0.3, -0.25) is 9.59 Å². The predicted molar refractivity (Wildman–Crippen MR) is 113 cm³/mol. The first kappa shape index (κ1) is 19.2. The molecule has 146 valence electrons. The Hall–Kier alpha value is -2.18. The number of hydrogen-bond donors (Lipinski definition) is 1. The third-order valence-electron chi connectivity index (χ3n) is 5.54. The number of ketones is 1. The molecule has 2 aromatic rings. The van der Waals surface area contributed by atoms with E-state index in [9.17, 15) is 9.59 Å². The molecule has 1 N–H and O–H groups in total. The lowest BCUT2D eigenvalue weighted by Crippen LogP contribution is -2.51. The molecule has 0 aromatic heterocycles. The van der Waals surface area contributed by atoms with Crippen molar-refractivity contribution in [3.63, 3.8) is 0 Å². The molecule has 2 fully saturated rings. The van der Waals surface area contributed by atoms with Crippen molar-refractivity contribution in [2.75, 3.05) is 29.9 Å². The first-order valence-electron chi connectivity index (χ1n) is 9.52. The Bertz CT molecular complexity index is 889. The van der Waals surface area contributed by atoms with Gasteiger partial charge < -0.3 is 15.0 Å². The van der Waals surface area contributed by atoms with Crippen LogP contribution in [0.4, 0.5) is 11.4 Å². The minimum atomic E-state index is -0.779. The van der Waals surface area contributed by atoms with Crippen LogP contribution in [-0.4, -0.2) is 37.5 Å². The second-order valence-electron chi connectivity index (χ2n) is 7.61. The Morgan fingerprint density at radius 3 is 2.61 bits per heavy atom. The smallest absolute Gasteiger partial charge is 0.235 e. The number of carbonyl (C=O) groups is 2. The van der Waals surface area contributed by atoms with Gasteiger partial charge in [0, 0.05) is 41.8 Å². The standard InChI is InChI=1S/C22H23BrN2O3/c1-15-14-25(9-10-28-15)19-7-5-18(6-8-19)24-21(27)22(12-20(26)13-22)16-3-2-4-17(23)11-16/h2-8,11,15H,9-10,12-14H2,1H3,(H,24,27). The fourth-order valence-corrected chi connectivity index (χ4v) is 4.36. The van der Waals surface area contributed by atoms with Crippen LogP contribution in [-0.2, 0) is 19.7 Å². The molecule has 0 radical (unpaired) electrons. The average molecular weight is 443 g/mol. The molecule has 1 saturated carbocycles. The van der Waals surface area contributed by atoms with Crippen LogP contribution >= 0.6 is 15.9 Å². The molecule has 1 aliphatic carbocycles. The lowest BCUT2D eigenvalue weighted by Gasteiger charge is -2.39. The summed E-state index contributed by atoms with van der Waals surface area (Å²) >= 11 is 3.46. The van der Waals surface area contributed by atoms with Crippen molar-refractivity contribution in [1.29, 1.82) is 0 Å². The summed E-state index contributed by atoms with van der Waals surface area (Å²) in [6, 6.07) is 15.5. The van der Waals surface area contributed by atoms with Gasteiger partial charge in [0.05, 0.1) is 18.1 Å². The van der Waals surface area contributed by atoms with Crippen LogP contribution in [0.1, 0.15) is 25.3 Å². The van der Waals surface area contributed by atoms with Gasteiger partial charge in [-0.1, -0.05) is 28.1 Å². The number of anilines is 2. The van der Waals surface area contributed by atoms with Crippen LogP contribution in [0.25, 0.3) is 0 Å². The summed E-state index contributed by atoms with van der Waals surface area (Å²) in [5.74, 6) is -0.00939. The van der Waals surface area contributed by atoms with Gasteiger partial charge >= 0.3 is 0 Å². The van der Waals surface area contributed by atoms with Crippen LogP contribution in [0.2, 0.25) is 0 Å². The number of Topliss-reactive ketones (excluding diaryl/α,β-unsaturated/α-hetero) is 1. The van der Waals surface area contributed by atoms with E-state index in [0.29, 0.717) is 0 Å². The zero-order valence-corrected chi connectivity index (χ0v) is 17.4. The van der Waals surface area contributed by atoms with Gasteiger partial charge in [0.1, 0.15) is 5.78 Å². The normalized spacial score (nSPS) is 21.1. The second kappa shape index (κ2) is 7.68. The van der Waals surface area contributed by atoms with E-state index in [1.165, 1.54) is 0 Å². The Kier molecular flexibility index (Phi) is 5.25. The molecule has 5 nitrogen and oxygen atoms in total. The van der Waals surface area contributed by atoms with Gasteiger partial charge in [-0.25, -0.2) is 0 Å². The maximum Gasteiger partial charge on any atom is 0.235 e. The summed E-state index contributed by atoms with van der Waals surface area (Å²) in [6.45, 7) is 4.52. The van der Waals surface area contributed by atoms with Crippen molar-refractivity contribution in [3.05, 3.63) is 58.6 Å². The van der Waals surface area contributed by atoms with Gasteiger partial charge in [0.2, 0.25) is 5.91 Å². The first-order valence-corrected chi connectivity index (χ1v) is 10.3. The van der Waals surface area contributed by atoms with Crippen molar-refractivity contribution in [1.82, 2.24) is 0 Å². The molecular formula is C22H23BrN2O3. The summed E-state index contributed by atoms with van der Waals surface area (Å²) in [4.78, 5) is 27.2. The molecule has 0 spiro atoms. The number of carbonyl (C=O) groups excluding carboxylic acids is 2. The van der Waals surface area contributed by atoms with E-state index in [1.54, 1.807) is 0 Å². The Morgan fingerprint density at radius 2 is 1.96 bits per heavy atom. The molecule has 1 unspecified atom stereocenters. The molecule has 4 rings (SSSR count). The number of nitrogens with zero attached hydrogens (tertiary/aromatic N) is 1. The predicted octanol–water partition coefficient (Wildman–Crippen LogP) is 3.91. The van der Waals surface area contributed by atoms with E-state index in [-0.39, 0.29) is 30.6 Å². The minimum absolute atomic E-state index is 0.118. The van der Waals surface area contributed by atoms with Crippen LogP contribution in [0, 0.1) is 0 Å². The maximum atomic E-state index is 13.1. The van der Waals surface area contributed by atoms with E-state index >= 15 is 0 Å². The fraction of sp³-hybridized carbons (Fsp3) is 0.364. The Balaban J connectivity index is 1.50. The van der Waals surface area contributed by atoms with E-state index in [0.717, 1.165) is 41.1 Å². The van der Waals surface area contributed by atoms with Crippen molar-refractivity contribution in [3.8, 4) is 0 Å². The SMILES string of the molecule is CC1CN(c2ccc(NC(=O)C3(c4cccc(Br)c4)CC(=O)C3)cc2)CCO1. The summed E-state index contributed by atoms with van der Waals surface area (Å²) in [5, 5.41) is 3.01. The zero-order chi connectivity index (χ0) is 19.7. The highest BCUT2D eigenvalue weighted by Gasteiger charge is 2.51. The molecule has 6 heteroatoms. The highest BCUT2D eigenvalue weighted by atomic mass is 79.9. The van der Waals surface area contributed by atoms with Crippen molar-refractivity contribution in [2.24, 2.45) is 0 Å². The van der Waals surface area contributed by atoms with Gasteiger partial charge in [0.25, 0.3) is 0 Å². The number of amides is 1. The third kappa shape index (κ3) is 3.71. The third-order valence-corrected chi connectivity index (χ3v) is 6.03. The van der Waals surface area contributed by atoms with Gasteiger partial charge in [-0.05, 0) is 48.9 Å². The molecule has 1 amide bonds. The Labute approximate surface area is 173 Å². The number of benzene rings is 2. The van der Waals surface area contributed by atoms with Crippen molar-refractivity contribution in [2.45, 2.75) is 31.3 Å². The van der Waals surface area contributed by atoms with Crippen molar-refractivity contribution >= 4 is 39.0 Å². The van der Waals surface area contributed by atoms with E-state index in [4.69, 9.17) is 4.74 Å². The van der Waals surface area contributed by atoms with Crippen molar-refractivity contribution < 1.29 is 14.3 Å². The lowest BCUT2D eigenvalue weighted by molar-refractivity contribution is -0.138. The van der Waals surface area contributed by atoms with Crippen LogP contribution in [0.15, 0.2) is 53.0 Å². The molecule has 1 atom stereocenters. The number of hydrogen-bond acceptors (Lipinski definition) is 4. The maximum absolute atomic E-state index is 13.1. The zero-order valence-electron chi connectivity index (χ0n) is 15.8. The summed E-state index contributed by atoms with van der Waals surface area (Å²) in [6.07, 6.45) is 0.715.